The molecule has 6 unspecified atom stereocenters. The molecule has 6 atom stereocenters. The zero-order chi connectivity index (χ0) is 15.8. The molecule has 0 aromatic heterocycles. The minimum Gasteiger partial charge on any atom is -0.456 e. The van der Waals surface area contributed by atoms with Crippen LogP contribution in [-0.2, 0) is 9.53 Å². The van der Waals surface area contributed by atoms with E-state index in [4.69, 9.17) is 4.74 Å². The molecule has 3 nitrogen and oxygen atoms in total. The maximum Gasteiger partial charge on any atom is 0.330 e. The van der Waals surface area contributed by atoms with Gasteiger partial charge in [-0.2, -0.15) is 0 Å². The molecule has 23 heavy (non-hydrogen) atoms. The third-order valence-electron chi connectivity index (χ3n) is 8.12. The summed E-state index contributed by atoms with van der Waals surface area (Å²) >= 11 is 0. The fraction of sp³-hybridized carbons (Fsp3) is 0.850. The van der Waals surface area contributed by atoms with Crippen molar-refractivity contribution in [3.05, 3.63) is 12.7 Å². The van der Waals surface area contributed by atoms with E-state index in [2.05, 4.69) is 6.58 Å². The molecule has 6 bridgehead atoms. The van der Waals surface area contributed by atoms with Gasteiger partial charge in [0.15, 0.2) is 0 Å². The highest BCUT2D eigenvalue weighted by atomic mass is 16.6. The van der Waals surface area contributed by atoms with Gasteiger partial charge in [-0.05, 0) is 92.8 Å². The van der Waals surface area contributed by atoms with E-state index in [-0.39, 0.29) is 23.1 Å². The van der Waals surface area contributed by atoms with E-state index >= 15 is 0 Å². The Labute approximate surface area is 138 Å². The van der Waals surface area contributed by atoms with Gasteiger partial charge in [-0.3, -0.25) is 0 Å². The number of ether oxygens (including phenoxy) is 1. The van der Waals surface area contributed by atoms with Crippen molar-refractivity contribution >= 4 is 5.97 Å². The molecule has 1 N–H and O–H groups in total. The number of hydrogen-bond acceptors (Lipinski definition) is 3. The molecule has 6 rings (SSSR count). The quantitative estimate of drug-likeness (QED) is 0.641. The second-order valence-electron chi connectivity index (χ2n) is 9.48. The van der Waals surface area contributed by atoms with Crippen molar-refractivity contribution in [2.75, 3.05) is 0 Å². The maximum absolute atomic E-state index is 11.9. The Balaban J connectivity index is 1.49. The Morgan fingerprint density at radius 3 is 2.39 bits per heavy atom. The minimum absolute atomic E-state index is 0.0999. The molecule has 0 amide bonds. The summed E-state index contributed by atoms with van der Waals surface area (Å²) in [5.74, 6) is 2.87. The average molecular weight is 316 g/mol. The maximum atomic E-state index is 11.9. The van der Waals surface area contributed by atoms with E-state index in [1.807, 2.05) is 0 Å². The Kier molecular flexibility index (Phi) is 2.92. The van der Waals surface area contributed by atoms with Crippen molar-refractivity contribution in [1.82, 2.24) is 0 Å². The number of fused-ring (bicyclic) bond motifs is 2. The Bertz CT molecular complexity index is 537. The summed E-state index contributed by atoms with van der Waals surface area (Å²) in [6, 6.07) is 0. The summed E-state index contributed by atoms with van der Waals surface area (Å²) in [5.41, 5.74) is -0.0122. The number of carbonyl (C=O) groups excluding carboxylic acids is 1. The van der Waals surface area contributed by atoms with Crippen LogP contribution in [0.4, 0.5) is 0 Å². The molecule has 6 aliphatic carbocycles. The topological polar surface area (TPSA) is 46.5 Å². The van der Waals surface area contributed by atoms with Crippen LogP contribution in [0.2, 0.25) is 0 Å². The summed E-state index contributed by atoms with van der Waals surface area (Å²) < 4.78 is 5.96. The van der Waals surface area contributed by atoms with E-state index < -0.39 is 0 Å². The zero-order valence-corrected chi connectivity index (χ0v) is 13.9. The smallest absolute Gasteiger partial charge is 0.330 e. The van der Waals surface area contributed by atoms with Crippen LogP contribution in [0.15, 0.2) is 12.7 Å². The number of carbonyl (C=O) groups is 1. The first-order valence-corrected chi connectivity index (χ1v) is 9.56. The number of esters is 1. The highest BCUT2D eigenvalue weighted by Crippen LogP contribution is 2.69. The van der Waals surface area contributed by atoms with Crippen LogP contribution in [0.25, 0.3) is 0 Å². The van der Waals surface area contributed by atoms with Crippen LogP contribution in [0.1, 0.15) is 57.8 Å². The summed E-state index contributed by atoms with van der Waals surface area (Å²) in [4.78, 5) is 11.9. The molecule has 0 aromatic carbocycles. The fourth-order valence-electron chi connectivity index (χ4n) is 8.14. The lowest BCUT2D eigenvalue weighted by molar-refractivity contribution is -0.217. The molecule has 6 saturated carbocycles. The molecule has 126 valence electrons. The van der Waals surface area contributed by atoms with Gasteiger partial charge in [0.05, 0.1) is 6.10 Å². The molecule has 0 aromatic rings. The average Bonchev–Trinajstić information content (AvgIpc) is 3.05. The normalized spacial score (nSPS) is 56.0. The molecule has 0 aliphatic heterocycles. The molecular formula is C20H28O3. The highest BCUT2D eigenvalue weighted by molar-refractivity contribution is 5.81. The Morgan fingerprint density at radius 1 is 1.09 bits per heavy atom. The Morgan fingerprint density at radius 2 is 1.78 bits per heavy atom. The Hall–Kier alpha value is -0.830. The van der Waals surface area contributed by atoms with Crippen molar-refractivity contribution in [3.63, 3.8) is 0 Å². The van der Waals surface area contributed by atoms with Gasteiger partial charge >= 0.3 is 5.97 Å². The minimum atomic E-state index is -0.254. The van der Waals surface area contributed by atoms with Gasteiger partial charge in [-0.25, -0.2) is 4.79 Å². The van der Waals surface area contributed by atoms with E-state index in [1.165, 1.54) is 44.6 Å². The number of aliphatic hydroxyl groups is 1. The van der Waals surface area contributed by atoms with E-state index in [1.54, 1.807) is 0 Å². The van der Waals surface area contributed by atoms with Gasteiger partial charge in [0.25, 0.3) is 0 Å². The zero-order valence-electron chi connectivity index (χ0n) is 13.9. The summed E-state index contributed by atoms with van der Waals surface area (Å²) in [5, 5.41) is 10.9. The molecule has 6 aliphatic rings. The first kappa shape index (κ1) is 14.5. The van der Waals surface area contributed by atoms with Gasteiger partial charge in [-0.1, -0.05) is 6.58 Å². The lowest BCUT2D eigenvalue weighted by atomic mass is 9.43. The predicted molar refractivity (Wildman–Crippen MR) is 86.5 cm³/mol. The van der Waals surface area contributed by atoms with Gasteiger partial charge in [0.2, 0.25) is 0 Å². The van der Waals surface area contributed by atoms with Crippen molar-refractivity contribution in [2.45, 2.75) is 69.5 Å². The largest absolute Gasteiger partial charge is 0.456 e. The predicted octanol–water partition coefficient (Wildman–Crippen LogP) is 3.46. The monoisotopic (exact) mass is 316 g/mol. The molecule has 0 heterocycles. The lowest BCUT2D eigenvalue weighted by Gasteiger charge is -2.64. The van der Waals surface area contributed by atoms with Crippen LogP contribution in [0, 0.1) is 35.0 Å². The van der Waals surface area contributed by atoms with Crippen LogP contribution in [0.3, 0.4) is 0 Å². The van der Waals surface area contributed by atoms with Gasteiger partial charge < -0.3 is 9.84 Å². The summed E-state index contributed by atoms with van der Waals surface area (Å²) in [7, 11) is 0. The molecule has 0 spiro atoms. The van der Waals surface area contributed by atoms with E-state index in [9.17, 15) is 9.90 Å². The number of rotatable bonds is 3. The molecule has 3 heteroatoms. The first-order chi connectivity index (χ1) is 11.0. The van der Waals surface area contributed by atoms with Gasteiger partial charge in [0, 0.05) is 6.08 Å². The fourth-order valence-corrected chi connectivity index (χ4v) is 8.14. The molecule has 6 fully saturated rings. The molecular weight excluding hydrogens is 288 g/mol. The molecule has 0 saturated heterocycles. The van der Waals surface area contributed by atoms with Crippen molar-refractivity contribution in [2.24, 2.45) is 35.0 Å². The molecule has 0 radical (unpaired) electrons. The third-order valence-corrected chi connectivity index (χ3v) is 8.12. The van der Waals surface area contributed by atoms with Crippen LogP contribution in [0.5, 0.6) is 0 Å². The number of aliphatic hydroxyl groups excluding tert-OH is 1. The SMILES string of the molecule is C=CC(=O)OC12CC3CC(C1)CC(C1C4CCC(C4)C1O)(C3)C2. The van der Waals surface area contributed by atoms with Crippen molar-refractivity contribution in [1.29, 1.82) is 0 Å². The highest BCUT2D eigenvalue weighted by Gasteiger charge is 2.65. The second-order valence-corrected chi connectivity index (χ2v) is 9.48. The van der Waals surface area contributed by atoms with Gasteiger partial charge in [-0.15, -0.1) is 0 Å². The standard InChI is InChI=1S/C20H28O3/c1-2-16(21)23-20-9-12-5-13(10-20)8-19(7-12,11-20)17-14-3-4-15(6-14)18(17)22/h2,12-15,17-18,22H,1,3-11H2. The van der Waals surface area contributed by atoms with Gasteiger partial charge in [0.1, 0.15) is 5.60 Å². The van der Waals surface area contributed by atoms with E-state index in [0.717, 1.165) is 25.2 Å². The van der Waals surface area contributed by atoms with Crippen molar-refractivity contribution < 1.29 is 14.6 Å². The lowest BCUT2D eigenvalue weighted by Crippen LogP contribution is -2.61. The van der Waals surface area contributed by atoms with Crippen LogP contribution in [-0.4, -0.2) is 22.8 Å². The number of hydrogen-bond donors (Lipinski definition) is 1. The summed E-state index contributed by atoms with van der Waals surface area (Å²) in [6.07, 6.45) is 11.9. The van der Waals surface area contributed by atoms with Crippen LogP contribution >= 0.6 is 0 Å². The third kappa shape index (κ3) is 1.95. The van der Waals surface area contributed by atoms with Crippen molar-refractivity contribution in [3.8, 4) is 0 Å². The van der Waals surface area contributed by atoms with Crippen LogP contribution < -0.4 is 0 Å². The summed E-state index contributed by atoms with van der Waals surface area (Å²) in [6.45, 7) is 3.58. The van der Waals surface area contributed by atoms with E-state index in [0.29, 0.717) is 23.7 Å². The first-order valence-electron chi connectivity index (χ1n) is 9.56. The second kappa shape index (κ2) is 4.62.